The summed E-state index contributed by atoms with van der Waals surface area (Å²) in [4.78, 5) is 49.6. The van der Waals surface area contributed by atoms with Gasteiger partial charge in [-0.15, -0.1) is 11.3 Å². The van der Waals surface area contributed by atoms with Gasteiger partial charge in [0.2, 0.25) is 11.7 Å². The number of aliphatic imine (C=N–C) groups is 1. The molecule has 1 fully saturated rings. The lowest BCUT2D eigenvalue weighted by Crippen LogP contribution is -2.48. The molecule has 1 atom stereocenters. The highest BCUT2D eigenvalue weighted by Crippen LogP contribution is 2.32. The molecule has 2 aliphatic heterocycles. The van der Waals surface area contributed by atoms with Crippen molar-refractivity contribution in [2.75, 3.05) is 32.5 Å². The number of aryl methyl sites for hydroxylation is 2. The van der Waals surface area contributed by atoms with Crippen LogP contribution in [-0.4, -0.2) is 60.3 Å². The van der Waals surface area contributed by atoms with Crippen LogP contribution >= 0.6 is 11.3 Å². The molecule has 216 valence electrons. The lowest BCUT2D eigenvalue weighted by molar-refractivity contribution is -0.139. The standard InChI is InChI=1S/C34H36N4O3S/c1-21-23(19-29(40)31-20-24-7-4-5-10-30(24)42-31)8-6-9-26(21)27-15-16-28(39)33(36-27)35-25-13-11-22(12-14-25)32-34(41)38(3)18-17-37(32)2/h6,8-9,11-15,20,32H,4-5,7,10,16-19H2,1-3H3,(H,35,36). The maximum Gasteiger partial charge on any atom is 0.244 e. The molecule has 2 aromatic carbocycles. The summed E-state index contributed by atoms with van der Waals surface area (Å²) in [7, 11) is 3.80. The van der Waals surface area contributed by atoms with Gasteiger partial charge in [-0.1, -0.05) is 36.4 Å². The number of nitrogens with one attached hydrogen (secondary N) is 1. The van der Waals surface area contributed by atoms with Crippen LogP contribution in [0.3, 0.4) is 0 Å². The first-order chi connectivity index (χ1) is 20.3. The summed E-state index contributed by atoms with van der Waals surface area (Å²) in [5.74, 6) is 0.442. The van der Waals surface area contributed by atoms with E-state index in [0.29, 0.717) is 6.42 Å². The second kappa shape index (κ2) is 11.8. The van der Waals surface area contributed by atoms with Crippen LogP contribution in [0.25, 0.3) is 5.70 Å². The van der Waals surface area contributed by atoms with E-state index in [2.05, 4.69) is 16.3 Å². The zero-order valence-electron chi connectivity index (χ0n) is 24.4. The van der Waals surface area contributed by atoms with Crippen LogP contribution < -0.4 is 5.32 Å². The summed E-state index contributed by atoms with van der Waals surface area (Å²) in [6, 6.07) is 15.4. The second-order valence-corrected chi connectivity index (χ2v) is 12.7. The summed E-state index contributed by atoms with van der Waals surface area (Å²) < 4.78 is 0. The van der Waals surface area contributed by atoms with Gasteiger partial charge < -0.3 is 10.2 Å². The molecule has 3 aliphatic rings. The van der Waals surface area contributed by atoms with Crippen molar-refractivity contribution in [1.82, 2.24) is 9.80 Å². The van der Waals surface area contributed by atoms with E-state index in [9.17, 15) is 14.4 Å². The Balaban J connectivity index is 1.18. The van der Waals surface area contributed by atoms with E-state index in [-0.39, 0.29) is 35.8 Å². The van der Waals surface area contributed by atoms with Crippen LogP contribution in [0, 0.1) is 6.92 Å². The number of carbonyl (C=O) groups is 3. The Morgan fingerprint density at radius 2 is 1.83 bits per heavy atom. The number of hydrogen-bond acceptors (Lipinski definition) is 7. The van der Waals surface area contributed by atoms with Crippen LogP contribution in [0.1, 0.15) is 67.7 Å². The van der Waals surface area contributed by atoms with Gasteiger partial charge in [0, 0.05) is 49.1 Å². The van der Waals surface area contributed by atoms with Gasteiger partial charge in [0.15, 0.2) is 11.6 Å². The average molecular weight is 581 g/mol. The molecule has 0 bridgehead atoms. The fourth-order valence-electron chi connectivity index (χ4n) is 6.05. The topological polar surface area (TPSA) is 82.1 Å². The van der Waals surface area contributed by atoms with Crippen molar-refractivity contribution in [1.29, 1.82) is 0 Å². The number of likely N-dealkylation sites (N-methyl/N-ethyl adjacent to an activating group) is 2. The number of amidine groups is 1. The minimum atomic E-state index is -0.312. The molecule has 1 N–H and O–H groups in total. The largest absolute Gasteiger partial charge is 0.343 e. The molecule has 0 spiro atoms. The number of rotatable bonds is 6. The zero-order chi connectivity index (χ0) is 29.4. The number of amides is 1. The molecule has 1 aliphatic carbocycles. The summed E-state index contributed by atoms with van der Waals surface area (Å²) in [6.45, 7) is 3.56. The number of thiophene rings is 1. The van der Waals surface area contributed by atoms with E-state index in [4.69, 9.17) is 4.99 Å². The highest BCUT2D eigenvalue weighted by Gasteiger charge is 2.32. The van der Waals surface area contributed by atoms with Crippen molar-refractivity contribution >= 4 is 46.0 Å². The summed E-state index contributed by atoms with van der Waals surface area (Å²) in [5.41, 5.74) is 6.65. The van der Waals surface area contributed by atoms with Crippen LogP contribution in [0.15, 0.2) is 59.6 Å². The van der Waals surface area contributed by atoms with Gasteiger partial charge in [-0.25, -0.2) is 4.99 Å². The Kier molecular flexibility index (Phi) is 7.92. The number of anilines is 1. The number of allylic oxidation sites excluding steroid dienone is 1. The molecule has 1 amide bonds. The molecular formula is C34H36N4O3S. The third-order valence-electron chi connectivity index (χ3n) is 8.65. The molecule has 0 saturated carbocycles. The number of benzene rings is 2. The van der Waals surface area contributed by atoms with E-state index in [1.165, 1.54) is 23.3 Å². The van der Waals surface area contributed by atoms with E-state index < -0.39 is 0 Å². The monoisotopic (exact) mass is 580 g/mol. The van der Waals surface area contributed by atoms with Crippen molar-refractivity contribution < 1.29 is 14.4 Å². The first-order valence-electron chi connectivity index (χ1n) is 14.7. The Morgan fingerprint density at radius 3 is 2.62 bits per heavy atom. The number of fused-ring (bicyclic) bond motifs is 1. The van der Waals surface area contributed by atoms with Gasteiger partial charge in [-0.3, -0.25) is 19.3 Å². The van der Waals surface area contributed by atoms with Crippen LogP contribution in [0.5, 0.6) is 0 Å². The summed E-state index contributed by atoms with van der Waals surface area (Å²) in [6.07, 6.45) is 7.03. The molecule has 6 rings (SSSR count). The van der Waals surface area contributed by atoms with Crippen molar-refractivity contribution in [3.8, 4) is 0 Å². The van der Waals surface area contributed by atoms with Crippen LogP contribution in [-0.2, 0) is 28.9 Å². The number of Topliss-reactive ketones (excluding diaryl/α,β-unsaturated/α-hetero) is 2. The Bertz CT molecular complexity index is 1590. The van der Waals surface area contributed by atoms with Crippen molar-refractivity contribution in [3.63, 3.8) is 0 Å². The fourth-order valence-corrected chi connectivity index (χ4v) is 7.24. The number of carbonyl (C=O) groups excluding carboxylic acids is 3. The molecular weight excluding hydrogens is 544 g/mol. The molecule has 7 nitrogen and oxygen atoms in total. The Labute approximate surface area is 250 Å². The van der Waals surface area contributed by atoms with Crippen molar-refractivity contribution in [2.45, 2.75) is 51.5 Å². The van der Waals surface area contributed by atoms with Gasteiger partial charge in [-0.05, 0) is 80.1 Å². The lowest BCUT2D eigenvalue weighted by atomic mass is 9.94. The normalized spacial score (nSPS) is 19.3. The molecule has 3 aromatic rings. The molecule has 1 saturated heterocycles. The maximum atomic E-state index is 13.2. The van der Waals surface area contributed by atoms with Crippen LogP contribution in [0.2, 0.25) is 0 Å². The smallest absolute Gasteiger partial charge is 0.244 e. The predicted molar refractivity (Wildman–Crippen MR) is 168 cm³/mol. The first kappa shape index (κ1) is 28.2. The highest BCUT2D eigenvalue weighted by atomic mass is 32.1. The second-order valence-electron chi connectivity index (χ2n) is 11.5. The van der Waals surface area contributed by atoms with Crippen LogP contribution in [0.4, 0.5) is 5.69 Å². The van der Waals surface area contributed by atoms with E-state index in [0.717, 1.165) is 64.4 Å². The first-order valence-corrected chi connectivity index (χ1v) is 15.5. The van der Waals surface area contributed by atoms with Gasteiger partial charge in [0.05, 0.1) is 10.6 Å². The quantitative estimate of drug-likeness (QED) is 0.382. The van der Waals surface area contributed by atoms with E-state index in [1.807, 2.05) is 69.6 Å². The molecule has 8 heteroatoms. The Morgan fingerprint density at radius 1 is 1.05 bits per heavy atom. The van der Waals surface area contributed by atoms with Gasteiger partial charge in [0.25, 0.3) is 0 Å². The van der Waals surface area contributed by atoms with Gasteiger partial charge >= 0.3 is 0 Å². The van der Waals surface area contributed by atoms with E-state index in [1.54, 1.807) is 16.2 Å². The third-order valence-corrected chi connectivity index (χ3v) is 9.93. The number of piperazine rings is 1. The predicted octanol–water partition coefficient (Wildman–Crippen LogP) is 5.63. The average Bonchev–Trinajstić information content (AvgIpc) is 3.43. The number of ketones is 2. The Hall–Kier alpha value is -3.88. The van der Waals surface area contributed by atoms with Gasteiger partial charge in [0.1, 0.15) is 6.04 Å². The maximum absolute atomic E-state index is 13.2. The SMILES string of the molecule is Cc1c(CC(=O)c2cc3c(s2)CCCC3)cccc1C1=CCC(=O)C(Nc2ccc(C3C(=O)N(C)CCN3C)cc2)=N1. The minimum Gasteiger partial charge on any atom is -0.343 e. The summed E-state index contributed by atoms with van der Waals surface area (Å²) >= 11 is 1.66. The third kappa shape index (κ3) is 5.61. The molecule has 1 aromatic heterocycles. The minimum absolute atomic E-state index is 0.0832. The lowest BCUT2D eigenvalue weighted by Gasteiger charge is -2.37. The molecule has 3 heterocycles. The molecule has 1 unspecified atom stereocenters. The van der Waals surface area contributed by atoms with Crippen molar-refractivity contribution in [2.24, 2.45) is 4.99 Å². The number of hydrogen-bond donors (Lipinski definition) is 1. The van der Waals surface area contributed by atoms with Crippen molar-refractivity contribution in [3.05, 3.63) is 92.2 Å². The summed E-state index contributed by atoms with van der Waals surface area (Å²) in [5, 5.41) is 3.20. The zero-order valence-corrected chi connectivity index (χ0v) is 25.2. The molecule has 0 radical (unpaired) electrons. The van der Waals surface area contributed by atoms with E-state index >= 15 is 0 Å². The highest BCUT2D eigenvalue weighted by molar-refractivity contribution is 7.14. The fraction of sp³-hybridized carbons (Fsp3) is 0.353. The van der Waals surface area contributed by atoms with Gasteiger partial charge in [-0.2, -0.15) is 0 Å². The molecule has 42 heavy (non-hydrogen) atoms. The number of nitrogens with zero attached hydrogens (tertiary/aromatic N) is 3.